The minimum Gasteiger partial charge on any atom is -0.493 e. The topological polar surface area (TPSA) is 38.7 Å². The molecule has 3 nitrogen and oxygen atoms in total. The van der Waals surface area contributed by atoms with Crippen LogP contribution in [0.15, 0.2) is 12.1 Å². The molecule has 0 heterocycles. The third kappa shape index (κ3) is 3.30. The molecular weight excluding hydrogens is 230 g/mol. The molecule has 96 valence electrons. The van der Waals surface area contributed by atoms with Crippen molar-refractivity contribution in [2.75, 3.05) is 14.2 Å². The largest absolute Gasteiger partial charge is 0.493 e. The predicted molar refractivity (Wildman–Crippen MR) is 59.9 cm³/mol. The van der Waals surface area contributed by atoms with Crippen LogP contribution in [-0.4, -0.2) is 25.4 Å². The first-order chi connectivity index (χ1) is 7.99. The monoisotopic (exact) mass is 246 g/mol. The lowest BCUT2D eigenvalue weighted by Crippen LogP contribution is -2.08. The zero-order valence-electron chi connectivity index (χ0n) is 10.0. The van der Waals surface area contributed by atoms with Crippen molar-refractivity contribution >= 4 is 0 Å². The molecule has 0 amide bonds. The Bertz CT molecular complexity index is 378. The van der Waals surface area contributed by atoms with Gasteiger partial charge in [0.2, 0.25) is 0 Å². The summed E-state index contributed by atoms with van der Waals surface area (Å²) >= 11 is 0. The van der Waals surface area contributed by atoms with Gasteiger partial charge in [-0.25, -0.2) is 8.78 Å². The average Bonchev–Trinajstić information content (AvgIpc) is 2.27. The molecule has 5 heteroatoms. The molecular formula is C12H16F2O3. The number of aliphatic hydroxyl groups is 1. The van der Waals surface area contributed by atoms with Gasteiger partial charge in [-0.2, -0.15) is 0 Å². The van der Waals surface area contributed by atoms with Crippen molar-refractivity contribution in [2.45, 2.75) is 25.9 Å². The van der Waals surface area contributed by atoms with Gasteiger partial charge in [0.05, 0.1) is 20.3 Å². The highest BCUT2D eigenvalue weighted by Gasteiger charge is 2.18. The van der Waals surface area contributed by atoms with Crippen LogP contribution in [0.4, 0.5) is 8.78 Å². The van der Waals surface area contributed by atoms with E-state index < -0.39 is 12.5 Å². The zero-order chi connectivity index (χ0) is 13.0. The highest BCUT2D eigenvalue weighted by molar-refractivity contribution is 5.48. The van der Waals surface area contributed by atoms with Gasteiger partial charge in [-0.15, -0.1) is 0 Å². The van der Waals surface area contributed by atoms with E-state index in [9.17, 15) is 13.9 Å². The van der Waals surface area contributed by atoms with E-state index in [4.69, 9.17) is 9.47 Å². The Morgan fingerprint density at radius 3 is 2.12 bits per heavy atom. The fourth-order valence-electron chi connectivity index (χ4n) is 1.63. The summed E-state index contributed by atoms with van der Waals surface area (Å²) in [5.41, 5.74) is 0.233. The first-order valence-corrected chi connectivity index (χ1v) is 5.20. The second-order valence-corrected chi connectivity index (χ2v) is 3.76. The maximum absolute atomic E-state index is 12.9. The molecule has 0 fully saturated rings. The van der Waals surface area contributed by atoms with Crippen molar-refractivity contribution in [3.05, 3.63) is 23.3 Å². The molecule has 1 aromatic carbocycles. The summed E-state index contributed by atoms with van der Waals surface area (Å²) in [6.45, 7) is 1.55. The molecule has 0 radical (unpaired) electrons. The maximum Gasteiger partial charge on any atom is 0.264 e. The predicted octanol–water partition coefficient (Wildman–Crippen LogP) is 2.56. The van der Waals surface area contributed by atoms with Crippen LogP contribution in [0.1, 0.15) is 24.5 Å². The second kappa shape index (κ2) is 5.82. The number of methoxy groups -OCH3 is 2. The SMILES string of the molecule is COc1cc(CC(C)O)c(C(F)F)cc1OC. The van der Waals surface area contributed by atoms with E-state index in [-0.39, 0.29) is 17.7 Å². The van der Waals surface area contributed by atoms with Gasteiger partial charge in [-0.05, 0) is 31.0 Å². The number of rotatable bonds is 5. The smallest absolute Gasteiger partial charge is 0.264 e. The van der Waals surface area contributed by atoms with Crippen molar-refractivity contribution in [3.63, 3.8) is 0 Å². The molecule has 0 saturated heterocycles. The number of ether oxygens (including phenoxy) is 2. The summed E-state index contributed by atoms with van der Waals surface area (Å²) in [7, 11) is 2.83. The van der Waals surface area contributed by atoms with Crippen LogP contribution in [0.2, 0.25) is 0 Å². The van der Waals surface area contributed by atoms with Gasteiger partial charge >= 0.3 is 0 Å². The zero-order valence-corrected chi connectivity index (χ0v) is 10.0. The van der Waals surface area contributed by atoms with Crippen molar-refractivity contribution in [2.24, 2.45) is 0 Å². The first-order valence-electron chi connectivity index (χ1n) is 5.20. The molecule has 1 rings (SSSR count). The van der Waals surface area contributed by atoms with E-state index in [2.05, 4.69) is 0 Å². The van der Waals surface area contributed by atoms with Crippen LogP contribution in [0.5, 0.6) is 11.5 Å². The van der Waals surface area contributed by atoms with Crippen LogP contribution in [-0.2, 0) is 6.42 Å². The fourth-order valence-corrected chi connectivity index (χ4v) is 1.63. The summed E-state index contributed by atoms with van der Waals surface area (Å²) in [6.07, 6.45) is -3.14. The lowest BCUT2D eigenvalue weighted by molar-refractivity contribution is 0.147. The normalized spacial score (nSPS) is 12.6. The molecule has 0 aliphatic heterocycles. The number of alkyl halides is 2. The van der Waals surface area contributed by atoms with Crippen LogP contribution < -0.4 is 9.47 Å². The average molecular weight is 246 g/mol. The third-order valence-electron chi connectivity index (χ3n) is 2.40. The van der Waals surface area contributed by atoms with Crippen molar-refractivity contribution in [3.8, 4) is 11.5 Å². The minimum absolute atomic E-state index is 0.136. The number of aliphatic hydroxyl groups excluding tert-OH is 1. The quantitative estimate of drug-likeness (QED) is 0.867. The van der Waals surface area contributed by atoms with Gasteiger partial charge in [0.25, 0.3) is 6.43 Å². The first kappa shape index (κ1) is 13.7. The number of hydrogen-bond donors (Lipinski definition) is 1. The lowest BCUT2D eigenvalue weighted by Gasteiger charge is -2.15. The van der Waals surface area contributed by atoms with Gasteiger partial charge in [0.1, 0.15) is 0 Å². The molecule has 0 aliphatic carbocycles. The van der Waals surface area contributed by atoms with Crippen molar-refractivity contribution in [1.82, 2.24) is 0 Å². The van der Waals surface area contributed by atoms with Crippen LogP contribution in [0.25, 0.3) is 0 Å². The van der Waals surface area contributed by atoms with E-state index in [1.54, 1.807) is 6.92 Å². The summed E-state index contributed by atoms with van der Waals surface area (Å²) in [5.74, 6) is 0.643. The number of halogens is 2. The molecule has 0 aliphatic rings. The molecule has 1 N–H and O–H groups in total. The Morgan fingerprint density at radius 2 is 1.71 bits per heavy atom. The second-order valence-electron chi connectivity index (χ2n) is 3.76. The Hall–Kier alpha value is -1.36. The summed E-state index contributed by atoms with van der Waals surface area (Å²) in [5, 5.41) is 9.29. The minimum atomic E-state index is -2.61. The molecule has 0 saturated carbocycles. The third-order valence-corrected chi connectivity index (χ3v) is 2.40. The molecule has 1 aromatic rings. The molecule has 1 atom stereocenters. The van der Waals surface area contributed by atoms with E-state index in [1.165, 1.54) is 26.4 Å². The molecule has 1 unspecified atom stereocenters. The van der Waals surface area contributed by atoms with E-state index in [0.717, 1.165) is 0 Å². The Labute approximate surface area is 99.0 Å². The fraction of sp³-hybridized carbons (Fsp3) is 0.500. The van der Waals surface area contributed by atoms with Crippen LogP contribution in [0.3, 0.4) is 0 Å². The van der Waals surface area contributed by atoms with Crippen LogP contribution in [0, 0.1) is 0 Å². The Kier molecular flexibility index (Phi) is 4.69. The summed E-state index contributed by atoms with van der Waals surface area (Å²) in [6, 6.07) is 2.73. The standard InChI is InChI=1S/C12H16F2O3/c1-7(15)4-8-5-10(16-2)11(17-3)6-9(8)12(13)14/h5-7,12,15H,4H2,1-3H3. The van der Waals surface area contributed by atoms with Gasteiger partial charge in [0, 0.05) is 5.56 Å². The molecule has 0 bridgehead atoms. The molecule has 17 heavy (non-hydrogen) atoms. The van der Waals surface area contributed by atoms with Gasteiger partial charge < -0.3 is 14.6 Å². The maximum atomic E-state index is 12.9. The van der Waals surface area contributed by atoms with Gasteiger partial charge in [-0.3, -0.25) is 0 Å². The molecule has 0 spiro atoms. The lowest BCUT2D eigenvalue weighted by atomic mass is 10.0. The van der Waals surface area contributed by atoms with E-state index in [1.807, 2.05) is 0 Å². The van der Waals surface area contributed by atoms with E-state index in [0.29, 0.717) is 11.3 Å². The van der Waals surface area contributed by atoms with E-state index >= 15 is 0 Å². The highest BCUT2D eigenvalue weighted by Crippen LogP contribution is 2.35. The van der Waals surface area contributed by atoms with Crippen LogP contribution >= 0.6 is 0 Å². The molecule has 0 aromatic heterocycles. The van der Waals surface area contributed by atoms with Crippen molar-refractivity contribution in [1.29, 1.82) is 0 Å². The van der Waals surface area contributed by atoms with Gasteiger partial charge in [-0.1, -0.05) is 0 Å². The number of hydrogen-bond acceptors (Lipinski definition) is 3. The Balaban J connectivity index is 3.24. The highest BCUT2D eigenvalue weighted by atomic mass is 19.3. The number of benzene rings is 1. The Morgan fingerprint density at radius 1 is 1.18 bits per heavy atom. The van der Waals surface area contributed by atoms with Crippen molar-refractivity contribution < 1.29 is 23.4 Å². The summed E-state index contributed by atoms with van der Waals surface area (Å²) in [4.78, 5) is 0. The summed E-state index contributed by atoms with van der Waals surface area (Å²) < 4.78 is 35.7. The van der Waals surface area contributed by atoms with Gasteiger partial charge in [0.15, 0.2) is 11.5 Å².